The summed E-state index contributed by atoms with van der Waals surface area (Å²) in [5, 5.41) is 6.69. The molecule has 4 N–H and O–H groups in total. The number of aromatic amines is 2. The molecule has 0 aliphatic carbocycles. The Morgan fingerprint density at radius 3 is 2.52 bits per heavy atom. The number of nitrogens with one attached hydrogen (secondary N) is 4. The van der Waals surface area contributed by atoms with Crippen molar-refractivity contribution in [1.29, 1.82) is 0 Å². The van der Waals surface area contributed by atoms with Crippen molar-refractivity contribution in [3.05, 3.63) is 58.5 Å². The van der Waals surface area contributed by atoms with Gasteiger partial charge in [0.25, 0.3) is 11.8 Å². The first-order valence-corrected chi connectivity index (χ1v) is 8.00. The highest BCUT2D eigenvalue weighted by molar-refractivity contribution is 9.10. The minimum atomic E-state index is -0.487. The Balaban J connectivity index is 1.70. The number of hydrazine groups is 1. The van der Waals surface area contributed by atoms with Gasteiger partial charge in [-0.3, -0.25) is 25.5 Å². The maximum atomic E-state index is 12.3. The zero-order valence-electron chi connectivity index (χ0n) is 13.1. The van der Waals surface area contributed by atoms with Crippen molar-refractivity contribution in [3.63, 3.8) is 0 Å². The van der Waals surface area contributed by atoms with Crippen LogP contribution in [0.5, 0.6) is 5.75 Å². The van der Waals surface area contributed by atoms with Gasteiger partial charge in [0.15, 0.2) is 0 Å². The van der Waals surface area contributed by atoms with Crippen LogP contribution in [-0.2, 0) is 0 Å². The molecular formula is C16H14BrN5O3. The summed E-state index contributed by atoms with van der Waals surface area (Å²) in [5.74, 6) is -0.245. The SMILES string of the molecule is COc1ccc(-c2[nH]ncc2C(=O)NNC(=O)c2cc(Br)c[nH]2)cc1. The lowest BCUT2D eigenvalue weighted by Gasteiger charge is -2.07. The van der Waals surface area contributed by atoms with Gasteiger partial charge in [0.05, 0.1) is 24.6 Å². The zero-order valence-corrected chi connectivity index (χ0v) is 14.7. The van der Waals surface area contributed by atoms with Crippen molar-refractivity contribution in [1.82, 2.24) is 26.0 Å². The van der Waals surface area contributed by atoms with E-state index in [4.69, 9.17) is 4.74 Å². The number of halogens is 1. The van der Waals surface area contributed by atoms with Crippen LogP contribution in [0.15, 0.2) is 47.2 Å². The highest BCUT2D eigenvalue weighted by atomic mass is 79.9. The number of methoxy groups -OCH3 is 1. The largest absolute Gasteiger partial charge is 0.497 e. The number of benzene rings is 1. The third-order valence-electron chi connectivity index (χ3n) is 3.44. The predicted octanol–water partition coefficient (Wildman–Crippen LogP) is 2.25. The molecule has 0 aliphatic heterocycles. The first-order valence-electron chi connectivity index (χ1n) is 7.21. The smallest absolute Gasteiger partial charge is 0.286 e. The lowest BCUT2D eigenvalue weighted by Crippen LogP contribution is -2.41. The average molecular weight is 404 g/mol. The van der Waals surface area contributed by atoms with Gasteiger partial charge in [-0.1, -0.05) is 0 Å². The number of aromatic nitrogens is 3. The van der Waals surface area contributed by atoms with Crippen LogP contribution >= 0.6 is 15.9 Å². The molecule has 25 heavy (non-hydrogen) atoms. The molecule has 8 nitrogen and oxygen atoms in total. The molecule has 2 heterocycles. The minimum Gasteiger partial charge on any atom is -0.497 e. The monoisotopic (exact) mass is 403 g/mol. The summed E-state index contributed by atoms with van der Waals surface area (Å²) in [4.78, 5) is 27.0. The van der Waals surface area contributed by atoms with E-state index >= 15 is 0 Å². The Labute approximate surface area is 151 Å². The Kier molecular flexibility index (Phi) is 4.85. The molecule has 128 valence electrons. The second kappa shape index (κ2) is 7.22. The minimum absolute atomic E-state index is 0.304. The molecule has 0 aliphatic rings. The topological polar surface area (TPSA) is 112 Å². The van der Waals surface area contributed by atoms with E-state index in [1.807, 2.05) is 0 Å². The number of carbonyl (C=O) groups excluding carboxylic acids is 2. The number of hydrogen-bond donors (Lipinski definition) is 4. The molecule has 0 unspecified atom stereocenters. The van der Waals surface area contributed by atoms with Gasteiger partial charge < -0.3 is 9.72 Å². The highest BCUT2D eigenvalue weighted by Crippen LogP contribution is 2.23. The molecule has 0 saturated heterocycles. The number of H-pyrrole nitrogens is 2. The van der Waals surface area contributed by atoms with E-state index in [0.29, 0.717) is 22.7 Å². The Morgan fingerprint density at radius 1 is 1.16 bits per heavy atom. The van der Waals surface area contributed by atoms with Gasteiger partial charge in [0, 0.05) is 16.2 Å². The molecule has 0 fully saturated rings. The molecule has 1 aromatic carbocycles. The van der Waals surface area contributed by atoms with Crippen LogP contribution in [0.3, 0.4) is 0 Å². The van der Waals surface area contributed by atoms with Crippen molar-refractivity contribution in [2.45, 2.75) is 0 Å². The van der Waals surface area contributed by atoms with Gasteiger partial charge >= 0.3 is 0 Å². The van der Waals surface area contributed by atoms with Gasteiger partial charge in [0.2, 0.25) is 0 Å². The van der Waals surface area contributed by atoms with Crippen molar-refractivity contribution in [2.75, 3.05) is 7.11 Å². The normalized spacial score (nSPS) is 10.3. The predicted molar refractivity (Wildman–Crippen MR) is 94.0 cm³/mol. The van der Waals surface area contributed by atoms with Crippen LogP contribution in [0.25, 0.3) is 11.3 Å². The van der Waals surface area contributed by atoms with Crippen LogP contribution in [0.1, 0.15) is 20.8 Å². The van der Waals surface area contributed by atoms with Crippen molar-refractivity contribution >= 4 is 27.7 Å². The maximum absolute atomic E-state index is 12.3. The van der Waals surface area contributed by atoms with E-state index in [-0.39, 0.29) is 0 Å². The number of hydrogen-bond acceptors (Lipinski definition) is 4. The Hall–Kier alpha value is -3.07. The molecule has 2 aromatic heterocycles. The van der Waals surface area contributed by atoms with Gasteiger partial charge in [-0.2, -0.15) is 5.10 Å². The van der Waals surface area contributed by atoms with Crippen LogP contribution in [0.2, 0.25) is 0 Å². The molecule has 0 atom stereocenters. The fourth-order valence-electron chi connectivity index (χ4n) is 2.18. The molecular weight excluding hydrogens is 390 g/mol. The molecule has 9 heteroatoms. The Morgan fingerprint density at radius 2 is 1.88 bits per heavy atom. The van der Waals surface area contributed by atoms with Crippen LogP contribution in [0.4, 0.5) is 0 Å². The molecule has 2 amide bonds. The number of carbonyl (C=O) groups is 2. The van der Waals surface area contributed by atoms with Crippen molar-refractivity contribution in [3.8, 4) is 17.0 Å². The summed E-state index contributed by atoms with van der Waals surface area (Å²) in [6, 6.07) is 8.77. The summed E-state index contributed by atoms with van der Waals surface area (Å²) in [5.41, 5.74) is 6.64. The summed E-state index contributed by atoms with van der Waals surface area (Å²) in [6.45, 7) is 0. The number of nitrogens with zero attached hydrogens (tertiary/aromatic N) is 1. The van der Waals surface area contributed by atoms with Crippen LogP contribution < -0.4 is 15.6 Å². The number of ether oxygens (including phenoxy) is 1. The van der Waals surface area contributed by atoms with E-state index < -0.39 is 11.8 Å². The van der Waals surface area contributed by atoms with Gasteiger partial charge in [-0.05, 0) is 46.3 Å². The molecule has 3 rings (SSSR count). The first-order chi connectivity index (χ1) is 12.1. The summed E-state index contributed by atoms with van der Waals surface area (Å²) in [7, 11) is 1.58. The van der Waals surface area contributed by atoms with Crippen LogP contribution in [0, 0.1) is 0 Å². The lowest BCUT2D eigenvalue weighted by molar-refractivity contribution is 0.0844. The van der Waals surface area contributed by atoms with E-state index in [1.54, 1.807) is 43.6 Å². The average Bonchev–Trinajstić information content (AvgIpc) is 3.28. The van der Waals surface area contributed by atoms with Crippen molar-refractivity contribution < 1.29 is 14.3 Å². The van der Waals surface area contributed by atoms with Crippen molar-refractivity contribution in [2.24, 2.45) is 0 Å². The molecule has 0 saturated carbocycles. The first kappa shape index (κ1) is 16.8. The van der Waals surface area contributed by atoms with E-state index in [0.717, 1.165) is 10.0 Å². The summed E-state index contributed by atoms with van der Waals surface area (Å²) < 4.78 is 5.85. The molecule has 0 radical (unpaired) electrons. The Bertz CT molecular complexity index is 901. The number of rotatable bonds is 4. The van der Waals surface area contributed by atoms with Gasteiger partial charge in [-0.15, -0.1) is 0 Å². The van der Waals surface area contributed by atoms with E-state index in [1.165, 1.54) is 6.20 Å². The lowest BCUT2D eigenvalue weighted by atomic mass is 10.1. The zero-order chi connectivity index (χ0) is 17.8. The second-order valence-electron chi connectivity index (χ2n) is 5.03. The number of amides is 2. The third kappa shape index (κ3) is 3.72. The quantitative estimate of drug-likeness (QED) is 0.500. The fraction of sp³-hybridized carbons (Fsp3) is 0.0625. The van der Waals surface area contributed by atoms with Gasteiger partial charge in [0.1, 0.15) is 11.4 Å². The third-order valence-corrected chi connectivity index (χ3v) is 3.90. The van der Waals surface area contributed by atoms with E-state index in [9.17, 15) is 9.59 Å². The van der Waals surface area contributed by atoms with Gasteiger partial charge in [-0.25, -0.2) is 0 Å². The molecule has 0 spiro atoms. The summed E-state index contributed by atoms with van der Waals surface area (Å²) >= 11 is 3.24. The maximum Gasteiger partial charge on any atom is 0.286 e. The standard InChI is InChI=1S/C16H14BrN5O3/c1-25-11-4-2-9(3-5-11)14-12(8-19-20-14)15(23)21-22-16(24)13-6-10(17)7-18-13/h2-8,18H,1H3,(H,19,20)(H,21,23)(H,22,24). The van der Waals surface area contributed by atoms with Crippen LogP contribution in [-0.4, -0.2) is 34.1 Å². The fourth-order valence-corrected chi connectivity index (χ4v) is 2.53. The second-order valence-corrected chi connectivity index (χ2v) is 5.94. The van der Waals surface area contributed by atoms with E-state index in [2.05, 4.69) is 42.0 Å². The highest BCUT2D eigenvalue weighted by Gasteiger charge is 2.16. The summed E-state index contributed by atoms with van der Waals surface area (Å²) in [6.07, 6.45) is 3.01. The molecule has 0 bridgehead atoms. The molecule has 3 aromatic rings.